The number of nitrogens with one attached hydrogen (secondary N) is 3. The molecule has 6 N–H and O–H groups in total. The number of esters is 3. The molecule has 4 fully saturated rings. The molecule has 84 heavy (non-hydrogen) atoms. The number of aromatic amines is 1. The first-order chi connectivity index (χ1) is 40.2. The van der Waals surface area contributed by atoms with Crippen LogP contribution in [0.15, 0.2) is 72.0 Å². The number of likely N-dealkylation sites (N-methyl/N-ethyl adjacent to an activating group) is 1. The number of allylic oxidation sites excluding steroid dienone is 2. The van der Waals surface area contributed by atoms with Crippen molar-refractivity contribution in [3.63, 3.8) is 0 Å². The average molecular weight is 1170 g/mol. The summed E-state index contributed by atoms with van der Waals surface area (Å²) in [5, 5.41) is 45.3. The summed E-state index contributed by atoms with van der Waals surface area (Å²) in [4.78, 5) is 79.2. The number of fused-ring (bicyclic) bond motifs is 5. The second-order valence-electron chi connectivity index (χ2n) is 24.1. The van der Waals surface area contributed by atoms with Crippen molar-refractivity contribution in [2.45, 2.75) is 152 Å². The Balaban J connectivity index is 1.03. The van der Waals surface area contributed by atoms with Crippen molar-refractivity contribution in [3.8, 4) is 0 Å². The molecule has 2 aromatic rings. The third-order valence-electron chi connectivity index (χ3n) is 19.2. The molecule has 6 unspecified atom stereocenters. The molecule has 5 aliphatic heterocycles. The molecule has 2 amide bonds. The molecular weight excluding hydrogens is 1080 g/mol. The highest BCUT2D eigenvalue weighted by Crippen LogP contribution is 2.69. The van der Waals surface area contributed by atoms with Crippen LogP contribution in [-0.2, 0) is 69.0 Å². The van der Waals surface area contributed by atoms with Gasteiger partial charge in [-0.15, -0.1) is 0 Å². The standard InChI is InChI=1S/C63H92N6O15/c1-11-43(37-79-8)84-51(80-9)38-83-50(71)22-16-21-49(70)65-41(5)53(72)82-31-18-27-64-57(74)63(77)55-61(26-30-69-28-17-25-60(13-3,54(61)69)56(63)73)46(48(67(55)6)24-32-78-7)33-40(4)62(58(75)81-10)35-42-34-59(76,12-2)39-68(36-42)29-23-45-44-19-14-15-20-47(44)66-52(45)62/h14-15,17,19-20,24-25,33,41-43,51,54-56,66,73,76-77H,4,11-13,16,18,21-23,26-32,34-39H2,1-3,5-10H3,(H,64,74)(H,65,70)/b46-33?,48-24+/t41-,42-,43?,51?,54?,55?,56-,59?,60-,61-,62+,63+/m1/s1. The predicted octanol–water partition coefficient (Wildman–Crippen LogP) is 4.13. The minimum Gasteiger partial charge on any atom is -0.468 e. The van der Waals surface area contributed by atoms with Gasteiger partial charge in [0, 0.05) is 113 Å². The Hall–Kier alpha value is -5.49. The van der Waals surface area contributed by atoms with Gasteiger partial charge in [-0.05, 0) is 106 Å². The summed E-state index contributed by atoms with van der Waals surface area (Å²) in [5.74, 6) is -3.14. The molecule has 1 saturated carbocycles. The van der Waals surface area contributed by atoms with Crippen LogP contribution in [0.4, 0.5) is 0 Å². The van der Waals surface area contributed by atoms with Crippen LogP contribution in [0.2, 0.25) is 0 Å². The van der Waals surface area contributed by atoms with Gasteiger partial charge in [0.2, 0.25) is 5.91 Å². The number of benzene rings is 1. The van der Waals surface area contributed by atoms with Gasteiger partial charge in [-0.3, -0.25) is 29.0 Å². The first-order valence-electron chi connectivity index (χ1n) is 30.1. The summed E-state index contributed by atoms with van der Waals surface area (Å²) >= 11 is 0. The minimum atomic E-state index is -2.45. The molecule has 1 aromatic heterocycles. The SMILES string of the molecule is C=C(C=C1/C(=C\COC)N(C)C2[C@]13CCN1CC=C[C@](CC)(C13)[C@@H](O)[C@]2(O)C(=O)NCCCOC(=O)[C@@H](C)NC(=O)CCCC(=O)OCC(OC)OC(CC)COC)[C@@]1(C(=O)OC)C[C@@H]2CN(CCc3c1[nH]c1ccccc31)CC(O)(CC)C2. The van der Waals surface area contributed by atoms with Gasteiger partial charge >= 0.3 is 17.9 Å². The van der Waals surface area contributed by atoms with E-state index in [0.717, 1.165) is 22.0 Å². The van der Waals surface area contributed by atoms with Gasteiger partial charge in [-0.2, -0.15) is 0 Å². The number of hydrogen-bond acceptors (Lipinski definition) is 18. The monoisotopic (exact) mass is 1170 g/mol. The van der Waals surface area contributed by atoms with E-state index in [1.807, 2.05) is 75.2 Å². The maximum Gasteiger partial charge on any atom is 0.328 e. The lowest BCUT2D eigenvalue weighted by molar-refractivity contribution is -0.222. The Bertz CT molecular complexity index is 2820. The lowest BCUT2D eigenvalue weighted by Crippen LogP contribution is -2.80. The quantitative estimate of drug-likeness (QED) is 0.0254. The smallest absolute Gasteiger partial charge is 0.328 e. The normalized spacial score (nSPS) is 31.9. The zero-order valence-electron chi connectivity index (χ0n) is 50.8. The predicted molar refractivity (Wildman–Crippen MR) is 313 cm³/mol. The fourth-order valence-electron chi connectivity index (χ4n) is 15.2. The molecular formula is C63H92N6O15. The maximum absolute atomic E-state index is 15.4. The molecule has 21 heteroatoms. The number of carbonyl (C=O) groups excluding carboxylic acids is 5. The highest BCUT2D eigenvalue weighted by atomic mass is 16.7. The number of hydrogen-bond donors (Lipinski definition) is 6. The fourth-order valence-corrected chi connectivity index (χ4v) is 15.2. The van der Waals surface area contributed by atoms with Gasteiger partial charge in [0.05, 0.1) is 44.7 Å². The lowest BCUT2D eigenvalue weighted by atomic mass is 9.47. The summed E-state index contributed by atoms with van der Waals surface area (Å²) in [5.41, 5.74) is -2.70. The molecule has 21 nitrogen and oxygen atoms in total. The molecule has 3 saturated heterocycles. The fraction of sp³-hybridized carbons (Fsp3) is 0.667. The van der Waals surface area contributed by atoms with Crippen LogP contribution in [0.3, 0.4) is 0 Å². The van der Waals surface area contributed by atoms with Crippen molar-refractivity contribution in [2.75, 3.05) is 101 Å². The number of H-pyrrole nitrogens is 1. The first-order valence-corrected chi connectivity index (χ1v) is 30.1. The van der Waals surface area contributed by atoms with Gasteiger partial charge in [-0.25, -0.2) is 4.79 Å². The minimum absolute atomic E-state index is 0.0400. The van der Waals surface area contributed by atoms with Crippen molar-refractivity contribution in [1.29, 1.82) is 0 Å². The van der Waals surface area contributed by atoms with Crippen molar-refractivity contribution in [3.05, 3.63) is 83.2 Å². The lowest BCUT2D eigenvalue weighted by Gasteiger charge is -2.63. The molecule has 1 aliphatic carbocycles. The highest BCUT2D eigenvalue weighted by Gasteiger charge is 2.79. The average Bonchev–Trinajstić information content (AvgIpc) is 1.44. The molecule has 6 heterocycles. The number of methoxy groups -OCH3 is 4. The van der Waals surface area contributed by atoms with E-state index in [2.05, 4.69) is 31.5 Å². The van der Waals surface area contributed by atoms with E-state index >= 15 is 9.59 Å². The van der Waals surface area contributed by atoms with Crippen LogP contribution in [-0.4, -0.2) is 214 Å². The van der Waals surface area contributed by atoms with E-state index in [9.17, 15) is 29.7 Å². The number of para-hydroxylation sites is 1. The Morgan fingerprint density at radius 2 is 1.73 bits per heavy atom. The Labute approximate surface area is 494 Å². The third kappa shape index (κ3) is 12.0. The molecule has 1 spiro atoms. The molecule has 2 bridgehead atoms. The number of aliphatic hydroxyl groups excluding tert-OH is 1. The Morgan fingerprint density at radius 1 is 0.952 bits per heavy atom. The van der Waals surface area contributed by atoms with Gasteiger partial charge in [0.15, 0.2) is 11.9 Å². The van der Waals surface area contributed by atoms with Crippen LogP contribution >= 0.6 is 0 Å². The van der Waals surface area contributed by atoms with Gasteiger partial charge in [-0.1, -0.05) is 63.8 Å². The molecule has 13 atom stereocenters. The van der Waals surface area contributed by atoms with Crippen molar-refractivity contribution in [1.82, 2.24) is 30.3 Å². The van der Waals surface area contributed by atoms with Crippen molar-refractivity contribution >= 4 is 40.6 Å². The van der Waals surface area contributed by atoms with Crippen LogP contribution < -0.4 is 10.6 Å². The first kappa shape index (κ1) is 64.5. The number of likely N-dealkylation sites (tertiary alicyclic amines) is 1. The summed E-state index contributed by atoms with van der Waals surface area (Å²) in [6.45, 7) is 15.5. The number of aromatic nitrogens is 1. The number of rotatable bonds is 26. The number of aliphatic hydroxyl groups is 3. The summed E-state index contributed by atoms with van der Waals surface area (Å²) in [6, 6.07) is 5.54. The Morgan fingerprint density at radius 3 is 2.43 bits per heavy atom. The second kappa shape index (κ2) is 27.1. The molecule has 6 aliphatic rings. The summed E-state index contributed by atoms with van der Waals surface area (Å²) in [6.07, 6.45) is 8.94. The third-order valence-corrected chi connectivity index (χ3v) is 19.2. The van der Waals surface area contributed by atoms with E-state index in [0.29, 0.717) is 94.8 Å². The Kier molecular flexibility index (Phi) is 20.8. The number of amides is 2. The zero-order chi connectivity index (χ0) is 60.8. The molecule has 0 radical (unpaired) electrons. The van der Waals surface area contributed by atoms with E-state index in [1.54, 1.807) is 14.2 Å². The second-order valence-corrected chi connectivity index (χ2v) is 24.1. The van der Waals surface area contributed by atoms with Crippen LogP contribution in [0, 0.1) is 16.7 Å². The number of nitrogens with zero attached hydrogens (tertiary/aromatic N) is 3. The van der Waals surface area contributed by atoms with E-state index in [1.165, 1.54) is 21.1 Å². The van der Waals surface area contributed by atoms with E-state index < -0.39 is 87.7 Å². The summed E-state index contributed by atoms with van der Waals surface area (Å²) in [7, 11) is 7.83. The molecule has 1 aromatic carbocycles. The highest BCUT2D eigenvalue weighted by molar-refractivity contribution is 5.94. The zero-order valence-corrected chi connectivity index (χ0v) is 50.8. The largest absolute Gasteiger partial charge is 0.468 e. The van der Waals surface area contributed by atoms with Gasteiger partial charge in [0.25, 0.3) is 5.91 Å². The van der Waals surface area contributed by atoms with Crippen molar-refractivity contribution < 1.29 is 72.5 Å². The number of piperidine rings is 1. The molecule has 8 rings (SSSR count). The molecule has 464 valence electrons. The number of ether oxygens (including phenoxy) is 7. The van der Waals surface area contributed by atoms with Gasteiger partial charge in [0.1, 0.15) is 24.2 Å². The van der Waals surface area contributed by atoms with E-state index in [4.69, 9.17) is 39.7 Å². The summed E-state index contributed by atoms with van der Waals surface area (Å²) < 4.78 is 38.6. The van der Waals surface area contributed by atoms with Crippen molar-refractivity contribution in [2.24, 2.45) is 16.7 Å². The topological polar surface area (TPSA) is 260 Å². The maximum atomic E-state index is 15.4. The number of carbonyl (C=O) groups is 5. The van der Waals surface area contributed by atoms with Gasteiger partial charge < -0.3 is 69.0 Å². The van der Waals surface area contributed by atoms with E-state index in [-0.39, 0.29) is 70.5 Å². The van der Waals surface area contributed by atoms with Crippen LogP contribution in [0.1, 0.15) is 103 Å². The van der Waals surface area contributed by atoms with Crippen LogP contribution in [0.25, 0.3) is 10.9 Å². The van der Waals surface area contributed by atoms with Crippen LogP contribution in [0.5, 0.6) is 0 Å².